The van der Waals surface area contributed by atoms with Crippen LogP contribution in [0.15, 0.2) is 54.9 Å². The molecule has 0 spiro atoms. The predicted octanol–water partition coefficient (Wildman–Crippen LogP) is 2.89. The van der Waals surface area contributed by atoms with Crippen molar-refractivity contribution in [3.63, 3.8) is 0 Å². The zero-order chi connectivity index (χ0) is 33.3. The highest BCUT2D eigenvalue weighted by Crippen LogP contribution is 2.30. The summed E-state index contributed by atoms with van der Waals surface area (Å²) in [7, 11) is 2.64. The summed E-state index contributed by atoms with van der Waals surface area (Å²) in [5, 5.41) is 30.2. The highest BCUT2D eigenvalue weighted by atomic mass is 16.5. The molecule has 0 bridgehead atoms. The first-order chi connectivity index (χ1) is 22.8. The van der Waals surface area contributed by atoms with Gasteiger partial charge in [0.05, 0.1) is 26.6 Å². The van der Waals surface area contributed by atoms with Gasteiger partial charge in [-0.2, -0.15) is 0 Å². The molecule has 47 heavy (non-hydrogen) atoms. The van der Waals surface area contributed by atoms with Crippen molar-refractivity contribution in [1.29, 1.82) is 0 Å². The van der Waals surface area contributed by atoms with Crippen LogP contribution >= 0.6 is 0 Å². The van der Waals surface area contributed by atoms with Gasteiger partial charge in [-0.25, -0.2) is 19.0 Å². The number of piperidine rings is 1. The summed E-state index contributed by atoms with van der Waals surface area (Å²) in [6.45, 7) is 2.04. The maximum absolute atomic E-state index is 13.8. The molecular formula is C33H40N8O6. The van der Waals surface area contributed by atoms with E-state index < -0.39 is 24.0 Å². The molecule has 0 radical (unpaired) electrons. The molecule has 2 aromatic carbocycles. The van der Waals surface area contributed by atoms with Crippen molar-refractivity contribution in [2.75, 3.05) is 33.9 Å². The first-order valence-corrected chi connectivity index (χ1v) is 15.7. The minimum Gasteiger partial charge on any atom is -0.508 e. The Hall–Kier alpha value is -4.95. The molecule has 0 aliphatic carbocycles. The predicted molar refractivity (Wildman–Crippen MR) is 171 cm³/mol. The number of rotatable bonds is 14. The third kappa shape index (κ3) is 8.07. The minimum absolute atomic E-state index is 0.0170. The molecule has 14 heteroatoms. The number of hydrogen-bond acceptors (Lipinski definition) is 12. The number of nitrogens with one attached hydrogen (secondary N) is 1. The maximum atomic E-state index is 13.8. The molecule has 0 unspecified atom stereocenters. The van der Waals surface area contributed by atoms with E-state index in [4.69, 9.17) is 15.2 Å². The zero-order valence-electron chi connectivity index (χ0n) is 26.5. The lowest BCUT2D eigenvalue weighted by Gasteiger charge is -2.21. The highest BCUT2D eigenvalue weighted by molar-refractivity contribution is 6.00. The van der Waals surface area contributed by atoms with Crippen LogP contribution in [0.2, 0.25) is 0 Å². The van der Waals surface area contributed by atoms with Crippen molar-refractivity contribution in [2.45, 2.75) is 50.6 Å². The number of ether oxygens (including phenoxy) is 2. The van der Waals surface area contributed by atoms with Crippen molar-refractivity contribution >= 4 is 17.7 Å². The fraction of sp³-hybridized carbons (Fsp3) is 0.424. The summed E-state index contributed by atoms with van der Waals surface area (Å²) in [5.41, 5.74) is 9.05. The molecule has 1 aliphatic heterocycles. The summed E-state index contributed by atoms with van der Waals surface area (Å²) < 4.78 is 13.0. The number of phenols is 1. The van der Waals surface area contributed by atoms with Gasteiger partial charge in [0.1, 0.15) is 17.1 Å². The first kappa shape index (κ1) is 33.4. The third-order valence-electron chi connectivity index (χ3n) is 8.42. The molecule has 3 heterocycles. The third-order valence-corrected chi connectivity index (χ3v) is 8.42. The van der Waals surface area contributed by atoms with Crippen LogP contribution in [0.25, 0.3) is 22.5 Å². The van der Waals surface area contributed by atoms with E-state index in [1.165, 1.54) is 23.6 Å². The van der Waals surface area contributed by atoms with Crippen molar-refractivity contribution in [2.24, 2.45) is 11.7 Å². The Morgan fingerprint density at radius 1 is 0.894 bits per heavy atom. The number of phenolic OH excluding ortho intramolecular Hbond substituents is 1. The van der Waals surface area contributed by atoms with Gasteiger partial charge in [0.2, 0.25) is 0 Å². The average Bonchev–Trinajstić information content (AvgIpc) is 3.80. The molecule has 248 valence electrons. The smallest absolute Gasteiger partial charge is 0.331 e. The number of methoxy groups -OCH3 is 2. The average molecular weight is 645 g/mol. The van der Waals surface area contributed by atoms with Gasteiger partial charge in [-0.15, -0.1) is 10.2 Å². The van der Waals surface area contributed by atoms with Gasteiger partial charge in [-0.1, -0.05) is 22.6 Å². The number of hydrogen-bond donors (Lipinski definition) is 3. The van der Waals surface area contributed by atoms with Crippen LogP contribution in [0.5, 0.6) is 5.75 Å². The van der Waals surface area contributed by atoms with E-state index in [1.807, 2.05) is 6.07 Å². The Bertz CT molecular complexity index is 1680. The van der Waals surface area contributed by atoms with Gasteiger partial charge in [0, 0.05) is 29.0 Å². The molecule has 2 aromatic heterocycles. The number of nitrogens with two attached hydrogens (primary N) is 1. The number of unbranched alkanes of at least 4 members (excludes halogenated alkanes) is 1. The molecule has 2 atom stereocenters. The lowest BCUT2D eigenvalue weighted by Crippen LogP contribution is -2.31. The second kappa shape index (κ2) is 15.6. The fourth-order valence-electron chi connectivity index (χ4n) is 5.76. The Morgan fingerprint density at radius 2 is 1.47 bits per heavy atom. The van der Waals surface area contributed by atoms with E-state index in [2.05, 4.69) is 25.9 Å². The van der Waals surface area contributed by atoms with Crippen molar-refractivity contribution in [3.8, 4) is 28.3 Å². The summed E-state index contributed by atoms with van der Waals surface area (Å²) >= 11 is 0. The number of aromatic nitrogens is 6. The van der Waals surface area contributed by atoms with E-state index in [0.717, 1.165) is 37.9 Å². The van der Waals surface area contributed by atoms with Crippen LogP contribution < -0.4 is 11.1 Å². The molecule has 5 rings (SSSR count). The number of carbonyl (C=O) groups is 3. The molecule has 1 aliphatic rings. The molecule has 4 N–H and O–H groups in total. The second-order valence-electron chi connectivity index (χ2n) is 11.6. The molecule has 0 saturated carbocycles. The van der Waals surface area contributed by atoms with Gasteiger partial charge < -0.3 is 25.6 Å². The summed E-state index contributed by atoms with van der Waals surface area (Å²) in [6.07, 6.45) is 6.98. The second-order valence-corrected chi connectivity index (χ2v) is 11.6. The number of carbonyl (C=O) groups excluding carboxylic acids is 3. The largest absolute Gasteiger partial charge is 0.508 e. The van der Waals surface area contributed by atoms with E-state index in [-0.39, 0.29) is 23.9 Å². The fourth-order valence-corrected chi connectivity index (χ4v) is 5.76. The van der Waals surface area contributed by atoms with E-state index >= 15 is 0 Å². The zero-order valence-corrected chi connectivity index (χ0v) is 26.5. The van der Waals surface area contributed by atoms with Crippen LogP contribution in [0.4, 0.5) is 0 Å². The molecule has 1 fully saturated rings. The summed E-state index contributed by atoms with van der Waals surface area (Å²) in [5.74, 6) is -0.936. The van der Waals surface area contributed by atoms with Crippen LogP contribution in [0, 0.1) is 5.92 Å². The normalized spacial score (nSPS) is 14.8. The van der Waals surface area contributed by atoms with E-state index in [1.54, 1.807) is 48.8 Å². The van der Waals surface area contributed by atoms with Gasteiger partial charge in [-0.3, -0.25) is 4.79 Å². The number of Topliss-reactive ketones (excluding diaryl/α,β-unsaturated/α-hetero) is 1. The van der Waals surface area contributed by atoms with Crippen LogP contribution in [0.3, 0.4) is 0 Å². The summed E-state index contributed by atoms with van der Waals surface area (Å²) in [4.78, 5) is 39.2. The van der Waals surface area contributed by atoms with E-state index in [9.17, 15) is 19.5 Å². The Balaban J connectivity index is 1.51. The Morgan fingerprint density at radius 3 is 2.04 bits per heavy atom. The van der Waals surface area contributed by atoms with Crippen molar-refractivity contribution < 1.29 is 29.0 Å². The maximum Gasteiger partial charge on any atom is 0.331 e. The Labute approximate surface area is 272 Å². The molecule has 4 aromatic rings. The minimum atomic E-state index is -0.820. The first-order valence-electron chi connectivity index (χ1n) is 15.7. The number of benzene rings is 2. The number of ketones is 1. The van der Waals surface area contributed by atoms with Crippen molar-refractivity contribution in [1.82, 2.24) is 35.3 Å². The monoisotopic (exact) mass is 644 g/mol. The van der Waals surface area contributed by atoms with Crippen LogP contribution in [-0.4, -0.2) is 86.7 Å². The standard InChI is InChI=1S/C33H40N8O6/c1-46-32(44)29(5-3-4-12-34)40-19-27(36-38-40)23-16-24(18-25(17-23)31(43)22-10-13-35-14-11-22)28-20-41(39-37-28)30(33(45)47-2)15-21-6-8-26(42)9-7-21/h6-9,16-20,22,29-30,35,42H,3-5,10-15,34H2,1-2H3/t29-,30-/m0/s1. The molecule has 1 saturated heterocycles. The lowest BCUT2D eigenvalue weighted by atomic mass is 9.88. The topological polar surface area (TPSA) is 189 Å². The van der Waals surface area contributed by atoms with Crippen LogP contribution in [-0.2, 0) is 25.5 Å². The quantitative estimate of drug-likeness (QED) is 0.104. The lowest BCUT2D eigenvalue weighted by molar-refractivity contribution is -0.146. The SMILES string of the molecule is COC(=O)[C@H](CCCCN)n1cc(-c2cc(C(=O)C3CCNCC3)cc(-c3cn([C@@H](Cc4ccc(O)cc4)C(=O)OC)nn3)c2)nn1. The summed E-state index contributed by atoms with van der Waals surface area (Å²) in [6, 6.07) is 10.5. The number of esters is 2. The molecule has 0 amide bonds. The van der Waals surface area contributed by atoms with Gasteiger partial charge >= 0.3 is 11.9 Å². The van der Waals surface area contributed by atoms with Gasteiger partial charge in [0.15, 0.2) is 17.9 Å². The van der Waals surface area contributed by atoms with E-state index in [0.29, 0.717) is 47.5 Å². The van der Waals surface area contributed by atoms with Crippen LogP contribution in [0.1, 0.15) is 60.1 Å². The number of aromatic hydroxyl groups is 1. The molecular weight excluding hydrogens is 604 g/mol. The molecule has 14 nitrogen and oxygen atoms in total. The highest BCUT2D eigenvalue weighted by Gasteiger charge is 2.27. The number of nitrogens with zero attached hydrogens (tertiary/aromatic N) is 6. The Kier molecular flexibility index (Phi) is 11.1. The van der Waals surface area contributed by atoms with Crippen molar-refractivity contribution in [3.05, 3.63) is 66.0 Å². The van der Waals surface area contributed by atoms with Gasteiger partial charge in [-0.05, 0) is 87.6 Å². The van der Waals surface area contributed by atoms with Gasteiger partial charge in [0.25, 0.3) is 0 Å².